The molecular weight excluding hydrogens is 394 g/mol. The fourth-order valence-electron chi connectivity index (χ4n) is 3.03. The van der Waals surface area contributed by atoms with Crippen LogP contribution in [0.1, 0.15) is 18.4 Å². The van der Waals surface area contributed by atoms with Gasteiger partial charge in [-0.25, -0.2) is 8.42 Å². The topological polar surface area (TPSA) is 108 Å². The number of nitrogens with zero attached hydrogens (tertiary/aromatic N) is 4. The summed E-state index contributed by atoms with van der Waals surface area (Å²) in [6, 6.07) is 11.4. The van der Waals surface area contributed by atoms with Crippen LogP contribution in [-0.2, 0) is 10.0 Å². The maximum absolute atomic E-state index is 12.6. The molecule has 1 aliphatic rings. The van der Waals surface area contributed by atoms with Gasteiger partial charge in [-0.15, -0.1) is 0 Å². The summed E-state index contributed by atoms with van der Waals surface area (Å²) in [6.07, 6.45) is 3.13. The second-order valence-electron chi connectivity index (χ2n) is 6.90. The van der Waals surface area contributed by atoms with Crippen molar-refractivity contribution in [1.82, 2.24) is 4.31 Å². The third kappa shape index (κ3) is 4.72. The standard InChI is InChI=1S/C19H23N5O4S/c1-22(2)16-7-5-15(6-8-16)14-20-21-18-10-9-17(13-19(18)24(25)26)29(27,28)23-11-3-4-12-23/h5-10,13-14,21H,3-4,11-12H2,1-2H3/b20-14-. The molecule has 1 N–H and O–H groups in total. The van der Waals surface area contributed by atoms with Crippen molar-refractivity contribution in [1.29, 1.82) is 0 Å². The molecule has 1 saturated heterocycles. The number of hydrazone groups is 1. The maximum atomic E-state index is 12.6. The first kappa shape index (κ1) is 20.7. The van der Waals surface area contributed by atoms with Crippen molar-refractivity contribution in [3.05, 3.63) is 58.1 Å². The van der Waals surface area contributed by atoms with Gasteiger partial charge in [0.05, 0.1) is 16.0 Å². The molecule has 154 valence electrons. The van der Waals surface area contributed by atoms with Crippen LogP contribution in [0.3, 0.4) is 0 Å². The Bertz CT molecular complexity index is 1010. The van der Waals surface area contributed by atoms with Crippen LogP contribution < -0.4 is 10.3 Å². The molecule has 0 unspecified atom stereocenters. The van der Waals surface area contributed by atoms with E-state index in [1.54, 1.807) is 0 Å². The van der Waals surface area contributed by atoms with Crippen LogP contribution >= 0.6 is 0 Å². The average molecular weight is 417 g/mol. The minimum Gasteiger partial charge on any atom is -0.378 e. The summed E-state index contributed by atoms with van der Waals surface area (Å²) in [5.41, 5.74) is 4.28. The molecule has 1 fully saturated rings. The first-order valence-corrected chi connectivity index (χ1v) is 10.6. The van der Waals surface area contributed by atoms with Crippen LogP contribution in [0.5, 0.6) is 0 Å². The third-order valence-corrected chi connectivity index (χ3v) is 6.57. The lowest BCUT2D eigenvalue weighted by Gasteiger charge is -2.15. The molecule has 0 radical (unpaired) electrons. The molecule has 0 saturated carbocycles. The first-order chi connectivity index (χ1) is 13.8. The highest BCUT2D eigenvalue weighted by molar-refractivity contribution is 7.89. The van der Waals surface area contributed by atoms with Crippen molar-refractivity contribution in [2.24, 2.45) is 5.10 Å². The van der Waals surface area contributed by atoms with Gasteiger partial charge in [0, 0.05) is 38.9 Å². The molecule has 3 rings (SSSR count). The van der Waals surface area contributed by atoms with Gasteiger partial charge in [-0.2, -0.15) is 9.41 Å². The van der Waals surface area contributed by atoms with Crippen molar-refractivity contribution >= 4 is 33.3 Å². The van der Waals surface area contributed by atoms with Gasteiger partial charge in [0.2, 0.25) is 10.0 Å². The molecule has 2 aromatic carbocycles. The summed E-state index contributed by atoms with van der Waals surface area (Å²) in [5.74, 6) is 0. The van der Waals surface area contributed by atoms with Gasteiger partial charge in [0.25, 0.3) is 5.69 Å². The minimum absolute atomic E-state index is 0.0834. The van der Waals surface area contributed by atoms with Gasteiger partial charge in [-0.3, -0.25) is 15.5 Å². The molecule has 0 atom stereocenters. The summed E-state index contributed by atoms with van der Waals surface area (Å²) in [5, 5.41) is 15.5. The fourth-order valence-corrected chi connectivity index (χ4v) is 4.57. The SMILES string of the molecule is CN(C)c1ccc(/C=N\Nc2ccc(S(=O)(=O)N3CCCC3)cc2[N+](=O)[O-])cc1. The van der Waals surface area contributed by atoms with Crippen LogP contribution in [-0.4, -0.2) is 51.0 Å². The van der Waals surface area contributed by atoms with Crippen LogP contribution in [0.25, 0.3) is 0 Å². The predicted molar refractivity (Wildman–Crippen MR) is 113 cm³/mol. The van der Waals surface area contributed by atoms with Crippen molar-refractivity contribution in [3.8, 4) is 0 Å². The lowest BCUT2D eigenvalue weighted by Crippen LogP contribution is -2.27. The highest BCUT2D eigenvalue weighted by Crippen LogP contribution is 2.30. The molecule has 0 bridgehead atoms. The van der Waals surface area contributed by atoms with E-state index < -0.39 is 14.9 Å². The Morgan fingerprint density at radius 3 is 2.38 bits per heavy atom. The monoisotopic (exact) mass is 417 g/mol. The molecule has 10 heteroatoms. The zero-order valence-electron chi connectivity index (χ0n) is 16.3. The zero-order chi connectivity index (χ0) is 21.0. The fraction of sp³-hybridized carbons (Fsp3) is 0.316. The van der Waals surface area contributed by atoms with Crippen molar-refractivity contribution in [2.45, 2.75) is 17.7 Å². The van der Waals surface area contributed by atoms with Crippen LogP contribution in [0, 0.1) is 10.1 Å². The Morgan fingerprint density at radius 1 is 1.14 bits per heavy atom. The number of nitro benzene ring substituents is 1. The van der Waals surface area contributed by atoms with Crippen LogP contribution in [0.2, 0.25) is 0 Å². The van der Waals surface area contributed by atoms with Crippen LogP contribution in [0.4, 0.5) is 17.1 Å². The minimum atomic E-state index is -3.73. The summed E-state index contributed by atoms with van der Waals surface area (Å²) in [6.45, 7) is 0.875. The Hall–Kier alpha value is -2.98. The van der Waals surface area contributed by atoms with E-state index in [9.17, 15) is 18.5 Å². The van der Waals surface area contributed by atoms with E-state index in [-0.39, 0.29) is 16.3 Å². The molecule has 0 spiro atoms. The largest absolute Gasteiger partial charge is 0.378 e. The number of hydrogen-bond acceptors (Lipinski definition) is 7. The van der Waals surface area contributed by atoms with Gasteiger partial charge in [0.15, 0.2) is 0 Å². The van der Waals surface area contributed by atoms with Gasteiger partial charge in [-0.1, -0.05) is 12.1 Å². The number of hydrogen-bond donors (Lipinski definition) is 1. The normalized spacial score (nSPS) is 15.0. The second kappa shape index (κ2) is 8.58. The third-order valence-electron chi connectivity index (χ3n) is 4.68. The summed E-state index contributed by atoms with van der Waals surface area (Å²) in [4.78, 5) is 12.7. The highest BCUT2D eigenvalue weighted by Gasteiger charge is 2.29. The molecular formula is C19H23N5O4S. The van der Waals surface area contributed by atoms with E-state index in [2.05, 4.69) is 10.5 Å². The lowest BCUT2D eigenvalue weighted by molar-refractivity contribution is -0.384. The van der Waals surface area contributed by atoms with Crippen LogP contribution in [0.15, 0.2) is 52.5 Å². The zero-order valence-corrected chi connectivity index (χ0v) is 17.1. The molecule has 0 aliphatic carbocycles. The Labute approximate surface area is 169 Å². The smallest absolute Gasteiger partial charge is 0.295 e. The number of nitrogens with one attached hydrogen (secondary N) is 1. The Kier molecular flexibility index (Phi) is 6.14. The molecule has 0 amide bonds. The van der Waals surface area contributed by atoms with Gasteiger partial charge in [-0.05, 0) is 42.7 Å². The van der Waals surface area contributed by atoms with E-state index in [0.717, 1.165) is 30.2 Å². The summed E-state index contributed by atoms with van der Waals surface area (Å²) in [7, 11) is 0.156. The molecule has 0 aromatic heterocycles. The summed E-state index contributed by atoms with van der Waals surface area (Å²) < 4.78 is 26.6. The molecule has 1 heterocycles. The predicted octanol–water partition coefficient (Wildman–Crippen LogP) is 2.89. The van der Waals surface area contributed by atoms with Gasteiger partial charge in [0.1, 0.15) is 5.69 Å². The number of rotatable bonds is 7. The van der Waals surface area contributed by atoms with Crippen molar-refractivity contribution < 1.29 is 13.3 Å². The average Bonchev–Trinajstić information content (AvgIpc) is 3.24. The van der Waals surface area contributed by atoms with Crippen molar-refractivity contribution in [2.75, 3.05) is 37.5 Å². The lowest BCUT2D eigenvalue weighted by atomic mass is 10.2. The van der Waals surface area contributed by atoms with E-state index in [1.807, 2.05) is 43.3 Å². The summed E-state index contributed by atoms with van der Waals surface area (Å²) >= 11 is 0. The highest BCUT2D eigenvalue weighted by atomic mass is 32.2. The van der Waals surface area contributed by atoms with Gasteiger partial charge < -0.3 is 4.90 Å². The molecule has 1 aliphatic heterocycles. The van der Waals surface area contributed by atoms with E-state index in [4.69, 9.17) is 0 Å². The van der Waals surface area contributed by atoms with E-state index >= 15 is 0 Å². The maximum Gasteiger partial charge on any atom is 0.295 e. The number of sulfonamides is 1. The molecule has 9 nitrogen and oxygen atoms in total. The van der Waals surface area contributed by atoms with Gasteiger partial charge >= 0.3 is 0 Å². The first-order valence-electron chi connectivity index (χ1n) is 9.14. The molecule has 2 aromatic rings. The Balaban J connectivity index is 1.79. The molecule has 29 heavy (non-hydrogen) atoms. The van der Waals surface area contributed by atoms with E-state index in [1.165, 1.54) is 22.7 Å². The van der Waals surface area contributed by atoms with E-state index in [0.29, 0.717) is 13.1 Å². The Morgan fingerprint density at radius 2 is 1.79 bits per heavy atom. The number of benzene rings is 2. The van der Waals surface area contributed by atoms with Crippen molar-refractivity contribution in [3.63, 3.8) is 0 Å². The second-order valence-corrected chi connectivity index (χ2v) is 8.84. The number of anilines is 2. The number of nitro groups is 1. The quantitative estimate of drug-likeness (QED) is 0.422.